The first-order valence-corrected chi connectivity index (χ1v) is 12.6. The Bertz CT molecular complexity index is 1460. The predicted molar refractivity (Wildman–Crippen MR) is 147 cm³/mol. The van der Waals surface area contributed by atoms with Gasteiger partial charge in [-0.05, 0) is 65.6 Å². The number of fused-ring (bicyclic) bond motifs is 1. The minimum absolute atomic E-state index is 0.238. The number of pyridine rings is 1. The molecule has 0 atom stereocenters. The Balaban J connectivity index is 1.43. The predicted octanol–water partition coefficient (Wildman–Crippen LogP) is 6.13. The molecule has 0 spiro atoms. The van der Waals surface area contributed by atoms with E-state index in [2.05, 4.69) is 38.7 Å². The fourth-order valence-electron chi connectivity index (χ4n) is 4.43. The molecule has 37 heavy (non-hydrogen) atoms. The second-order valence-electron chi connectivity index (χ2n) is 8.79. The molecule has 4 aromatic rings. The van der Waals surface area contributed by atoms with Gasteiger partial charge in [0.25, 0.3) is 11.8 Å². The van der Waals surface area contributed by atoms with Crippen molar-refractivity contribution >= 4 is 46.4 Å². The molecule has 2 N–H and O–H groups in total. The summed E-state index contributed by atoms with van der Waals surface area (Å²) in [5.74, 6) is -0.624. The zero-order chi connectivity index (χ0) is 25.8. The lowest BCUT2D eigenvalue weighted by Gasteiger charge is -2.32. The number of nitrogens with one attached hydrogen (secondary N) is 2. The highest BCUT2D eigenvalue weighted by Gasteiger charge is 2.22. The van der Waals surface area contributed by atoms with Gasteiger partial charge >= 0.3 is 0 Å². The molecule has 1 aromatic heterocycles. The second-order valence-corrected chi connectivity index (χ2v) is 9.64. The molecule has 0 unspecified atom stereocenters. The van der Waals surface area contributed by atoms with Gasteiger partial charge in [0.1, 0.15) is 0 Å². The monoisotopic (exact) mass is 530 g/mol. The van der Waals surface area contributed by atoms with Crippen LogP contribution in [0.1, 0.15) is 37.4 Å². The summed E-state index contributed by atoms with van der Waals surface area (Å²) >= 11 is 12.2. The van der Waals surface area contributed by atoms with Gasteiger partial charge in [0.2, 0.25) is 0 Å². The van der Waals surface area contributed by atoms with E-state index in [1.165, 1.54) is 17.2 Å². The first kappa shape index (κ1) is 24.8. The van der Waals surface area contributed by atoms with Crippen LogP contribution in [0, 0.1) is 0 Å². The molecular weight excluding hydrogens is 507 g/mol. The van der Waals surface area contributed by atoms with Crippen LogP contribution in [0.4, 0.5) is 11.4 Å². The van der Waals surface area contributed by atoms with Crippen molar-refractivity contribution in [3.63, 3.8) is 0 Å². The van der Waals surface area contributed by atoms with Crippen molar-refractivity contribution in [3.05, 3.63) is 123 Å². The number of amides is 2. The topological polar surface area (TPSA) is 74.3 Å². The van der Waals surface area contributed by atoms with Crippen LogP contribution in [-0.2, 0) is 19.5 Å². The van der Waals surface area contributed by atoms with Crippen molar-refractivity contribution in [1.29, 1.82) is 0 Å². The van der Waals surface area contributed by atoms with Crippen molar-refractivity contribution in [2.75, 3.05) is 16.8 Å². The van der Waals surface area contributed by atoms with Gasteiger partial charge < -0.3 is 15.5 Å². The molecule has 2 amide bonds. The normalized spacial score (nSPS) is 12.5. The smallest absolute Gasteiger partial charge is 0.257 e. The highest BCUT2D eigenvalue weighted by Crippen LogP contribution is 2.30. The minimum Gasteiger partial charge on any atom is -0.366 e. The third kappa shape index (κ3) is 5.77. The van der Waals surface area contributed by atoms with E-state index >= 15 is 0 Å². The van der Waals surface area contributed by atoms with Gasteiger partial charge in [0, 0.05) is 48.4 Å². The fraction of sp³-hybridized carbons (Fsp3) is 0.138. The van der Waals surface area contributed by atoms with Crippen LogP contribution in [-0.4, -0.2) is 23.3 Å². The van der Waals surface area contributed by atoms with Crippen molar-refractivity contribution in [1.82, 2.24) is 10.3 Å². The van der Waals surface area contributed by atoms with E-state index in [0.29, 0.717) is 34.9 Å². The Labute approximate surface area is 225 Å². The first-order chi connectivity index (χ1) is 18.0. The summed E-state index contributed by atoms with van der Waals surface area (Å²) in [7, 11) is 0. The van der Waals surface area contributed by atoms with E-state index < -0.39 is 0 Å². The molecule has 0 fully saturated rings. The van der Waals surface area contributed by atoms with E-state index in [0.717, 1.165) is 24.2 Å². The number of nitrogens with zero attached hydrogens (tertiary/aromatic N) is 2. The Morgan fingerprint density at radius 3 is 2.51 bits per heavy atom. The van der Waals surface area contributed by atoms with Gasteiger partial charge in [-0.15, -0.1) is 0 Å². The van der Waals surface area contributed by atoms with Crippen LogP contribution in [0.25, 0.3) is 0 Å². The number of halogens is 2. The highest BCUT2D eigenvalue weighted by molar-refractivity contribution is 6.37. The summed E-state index contributed by atoms with van der Waals surface area (Å²) in [4.78, 5) is 32.6. The van der Waals surface area contributed by atoms with E-state index in [4.69, 9.17) is 23.2 Å². The van der Waals surface area contributed by atoms with Crippen LogP contribution in [0.5, 0.6) is 0 Å². The number of carbonyl (C=O) groups is 2. The maximum Gasteiger partial charge on any atom is 0.257 e. The van der Waals surface area contributed by atoms with E-state index in [1.54, 1.807) is 36.7 Å². The lowest BCUT2D eigenvalue weighted by molar-refractivity contribution is 0.0950. The zero-order valence-electron chi connectivity index (χ0n) is 19.9. The standard InChI is InChI=1S/C29H24Cl2N4O2/c30-22-7-9-24(26(31)14-22)29(37)34-23-8-10-27(35-13-11-20-5-1-2-6-21(20)18-35)25(15-23)28(36)33-17-19-4-3-12-32-16-19/h1-10,12,14-16H,11,13,17-18H2,(H,33,36)(H,34,37). The van der Waals surface area contributed by atoms with Gasteiger partial charge in [-0.3, -0.25) is 14.6 Å². The second kappa shape index (κ2) is 11.0. The average molecular weight is 531 g/mol. The Morgan fingerprint density at radius 2 is 1.73 bits per heavy atom. The molecule has 3 aromatic carbocycles. The summed E-state index contributed by atoms with van der Waals surface area (Å²) in [6.07, 6.45) is 4.30. The Kier molecular flexibility index (Phi) is 7.40. The van der Waals surface area contributed by atoms with Crippen LogP contribution in [0.15, 0.2) is 85.2 Å². The van der Waals surface area contributed by atoms with Crippen molar-refractivity contribution in [3.8, 4) is 0 Å². The molecule has 5 rings (SSSR count). The fourth-order valence-corrected chi connectivity index (χ4v) is 4.92. The minimum atomic E-state index is -0.386. The van der Waals surface area contributed by atoms with E-state index in [9.17, 15) is 9.59 Å². The largest absolute Gasteiger partial charge is 0.366 e. The molecule has 6 nitrogen and oxygen atoms in total. The van der Waals surface area contributed by atoms with E-state index in [-0.39, 0.29) is 16.8 Å². The maximum absolute atomic E-state index is 13.4. The lowest BCUT2D eigenvalue weighted by Crippen LogP contribution is -2.33. The quantitative estimate of drug-likeness (QED) is 0.314. The highest BCUT2D eigenvalue weighted by atomic mass is 35.5. The summed E-state index contributed by atoms with van der Waals surface area (Å²) in [6.45, 7) is 1.82. The molecule has 8 heteroatoms. The maximum atomic E-state index is 13.4. The molecule has 0 saturated heterocycles. The number of aromatic nitrogens is 1. The molecule has 1 aliphatic heterocycles. The summed E-state index contributed by atoms with van der Waals surface area (Å²) < 4.78 is 0. The van der Waals surface area contributed by atoms with Gasteiger partial charge in [-0.2, -0.15) is 0 Å². The Hall–Kier alpha value is -3.87. The number of rotatable bonds is 6. The van der Waals surface area contributed by atoms with E-state index in [1.807, 2.05) is 24.3 Å². The zero-order valence-corrected chi connectivity index (χ0v) is 21.4. The van der Waals surface area contributed by atoms with Crippen LogP contribution < -0.4 is 15.5 Å². The first-order valence-electron chi connectivity index (χ1n) is 11.9. The van der Waals surface area contributed by atoms with Gasteiger partial charge in [-0.1, -0.05) is 53.5 Å². The van der Waals surface area contributed by atoms with Crippen LogP contribution >= 0.6 is 23.2 Å². The number of anilines is 2. The lowest BCUT2D eigenvalue weighted by atomic mass is 9.98. The molecule has 0 radical (unpaired) electrons. The third-order valence-corrected chi connectivity index (χ3v) is 6.87. The molecule has 0 aliphatic carbocycles. The van der Waals surface area contributed by atoms with Gasteiger partial charge in [-0.25, -0.2) is 0 Å². The molecule has 0 saturated carbocycles. The molecule has 186 valence electrons. The number of benzene rings is 3. The molecule has 2 heterocycles. The van der Waals surface area contributed by atoms with Crippen LogP contribution in [0.3, 0.4) is 0 Å². The van der Waals surface area contributed by atoms with Crippen LogP contribution in [0.2, 0.25) is 10.0 Å². The van der Waals surface area contributed by atoms with Crippen molar-refractivity contribution in [2.45, 2.75) is 19.5 Å². The van der Waals surface area contributed by atoms with Gasteiger partial charge in [0.15, 0.2) is 0 Å². The third-order valence-electron chi connectivity index (χ3n) is 6.32. The number of carbonyl (C=O) groups excluding carboxylic acids is 2. The average Bonchev–Trinajstić information content (AvgIpc) is 2.92. The number of hydrogen-bond donors (Lipinski definition) is 2. The van der Waals surface area contributed by atoms with Crippen molar-refractivity contribution < 1.29 is 9.59 Å². The number of hydrogen-bond acceptors (Lipinski definition) is 4. The van der Waals surface area contributed by atoms with Crippen molar-refractivity contribution in [2.24, 2.45) is 0 Å². The SMILES string of the molecule is O=C(Nc1ccc(N2CCc3ccccc3C2)c(C(=O)NCc2cccnc2)c1)c1ccc(Cl)cc1Cl. The molecule has 1 aliphatic rings. The Morgan fingerprint density at radius 1 is 0.892 bits per heavy atom. The van der Waals surface area contributed by atoms with Gasteiger partial charge in [0.05, 0.1) is 16.1 Å². The summed E-state index contributed by atoms with van der Waals surface area (Å²) in [5, 5.41) is 6.54. The molecular formula is C29H24Cl2N4O2. The summed E-state index contributed by atoms with van der Waals surface area (Å²) in [5.41, 5.74) is 5.53. The molecule has 0 bridgehead atoms. The summed E-state index contributed by atoms with van der Waals surface area (Å²) in [6, 6.07) is 22.2.